The van der Waals surface area contributed by atoms with E-state index in [-0.39, 0.29) is 0 Å². The highest BCUT2D eigenvalue weighted by atomic mass is 31.2. The van der Waals surface area contributed by atoms with E-state index in [9.17, 15) is 29.6 Å². The van der Waals surface area contributed by atoms with Crippen molar-refractivity contribution in [2.75, 3.05) is 0 Å². The van der Waals surface area contributed by atoms with Crippen LogP contribution in [0.1, 0.15) is 0 Å². The third-order valence-corrected chi connectivity index (χ3v) is 3.23. The van der Waals surface area contributed by atoms with Crippen LogP contribution in [0.2, 0.25) is 0 Å². The van der Waals surface area contributed by atoms with Crippen molar-refractivity contribution in [1.29, 1.82) is 0 Å². The molecule has 0 radical (unpaired) electrons. The molecule has 0 aromatic carbocycles. The van der Waals surface area contributed by atoms with Gasteiger partial charge in [-0.3, -0.25) is 9.09 Å². The molecule has 2 aliphatic heterocycles. The van der Waals surface area contributed by atoms with Crippen molar-refractivity contribution in [3.05, 3.63) is 0 Å². The van der Waals surface area contributed by atoms with Crippen LogP contribution in [0.15, 0.2) is 0 Å². The van der Waals surface area contributed by atoms with Crippen molar-refractivity contribution in [3.63, 3.8) is 0 Å². The lowest BCUT2D eigenvalue weighted by Crippen LogP contribution is -2.61. The normalized spacial score (nSPS) is 52.3. The number of hydrogen-bond acceptors (Lipinski definition) is 9. The average Bonchev–Trinajstić information content (AvgIpc) is 2.46. The zero-order chi connectivity index (χ0) is 12.1. The summed E-state index contributed by atoms with van der Waals surface area (Å²) in [5, 5.41) is 29.2. The van der Waals surface area contributed by atoms with Gasteiger partial charge in [0, 0.05) is 0 Å². The summed E-state index contributed by atoms with van der Waals surface area (Å²) < 4.78 is 24.0. The summed E-state index contributed by atoms with van der Waals surface area (Å²) in [6.07, 6.45) is -8.56. The second kappa shape index (κ2) is 3.74. The summed E-state index contributed by atoms with van der Waals surface area (Å²) in [4.78, 5) is 21.4. The molecule has 0 aromatic heterocycles. The SMILES string of the molecule is O=C([O-])[C@H]1OC2OP(=O)([O-])O[C@@H]2[C@@H](O)[C@@H]1O. The summed E-state index contributed by atoms with van der Waals surface area (Å²) in [6.45, 7) is 0. The first-order valence-electron chi connectivity index (χ1n) is 4.22. The summed E-state index contributed by atoms with van der Waals surface area (Å²) in [7, 11) is -4.63. The van der Waals surface area contributed by atoms with Gasteiger partial charge in [-0.25, -0.2) is 0 Å². The van der Waals surface area contributed by atoms with Crippen molar-refractivity contribution in [1.82, 2.24) is 0 Å². The molecular formula is C6H7O9P-2. The number of carboxylic acid groups (broad SMARTS) is 1. The summed E-state index contributed by atoms with van der Waals surface area (Å²) in [6, 6.07) is 0. The van der Waals surface area contributed by atoms with Crippen molar-refractivity contribution in [2.45, 2.75) is 30.7 Å². The van der Waals surface area contributed by atoms with Crippen LogP contribution >= 0.6 is 7.82 Å². The van der Waals surface area contributed by atoms with Gasteiger partial charge in [0.05, 0.1) is 5.97 Å². The van der Waals surface area contributed by atoms with E-state index in [1.165, 1.54) is 0 Å². The standard InChI is InChI=1S/C6H9O9P/c7-1-2(8)4-6(13-3(1)5(9)10)15-16(11,12)14-4/h1-4,6-8H,(H,9,10)(H,11,12)/p-2/t1-,2-,3-,4+,6?/m0/s1. The van der Waals surface area contributed by atoms with Crippen LogP contribution in [0.25, 0.3) is 0 Å². The third-order valence-electron chi connectivity index (χ3n) is 2.26. The third kappa shape index (κ3) is 1.87. The lowest BCUT2D eigenvalue weighted by atomic mass is 9.99. The minimum absolute atomic E-state index is 1.48. The van der Waals surface area contributed by atoms with Gasteiger partial charge in [0.2, 0.25) is 0 Å². The number of carboxylic acids is 1. The second-order valence-electron chi connectivity index (χ2n) is 3.35. The van der Waals surface area contributed by atoms with E-state index in [4.69, 9.17) is 0 Å². The fourth-order valence-corrected chi connectivity index (χ4v) is 2.53. The Morgan fingerprint density at radius 1 is 1.25 bits per heavy atom. The number of fused-ring (bicyclic) bond motifs is 1. The Hall–Kier alpha value is -0.540. The minimum atomic E-state index is -4.63. The van der Waals surface area contributed by atoms with Crippen LogP contribution in [0.5, 0.6) is 0 Å². The van der Waals surface area contributed by atoms with Gasteiger partial charge in [-0.05, 0) is 0 Å². The molecule has 10 heteroatoms. The number of aliphatic hydroxyl groups is 2. The molecule has 0 spiro atoms. The van der Waals surface area contributed by atoms with Gasteiger partial charge in [0.15, 0.2) is 6.29 Å². The zero-order valence-corrected chi connectivity index (χ0v) is 8.48. The lowest BCUT2D eigenvalue weighted by molar-refractivity contribution is -0.337. The fraction of sp³-hybridized carbons (Fsp3) is 0.833. The molecule has 2 saturated heterocycles. The highest BCUT2D eigenvalue weighted by Gasteiger charge is 2.52. The molecule has 2 aliphatic rings. The first-order valence-corrected chi connectivity index (χ1v) is 5.68. The quantitative estimate of drug-likeness (QED) is 0.447. The van der Waals surface area contributed by atoms with E-state index < -0.39 is 44.5 Å². The molecule has 0 saturated carbocycles. The molecule has 2 rings (SSSR count). The number of aliphatic hydroxyl groups excluding tert-OH is 2. The number of carbonyl (C=O) groups is 1. The highest BCUT2D eigenvalue weighted by molar-refractivity contribution is 7.46. The fourth-order valence-electron chi connectivity index (χ4n) is 1.53. The van der Waals surface area contributed by atoms with E-state index in [1.807, 2.05) is 0 Å². The molecule has 2 heterocycles. The van der Waals surface area contributed by atoms with Crippen molar-refractivity contribution in [2.24, 2.45) is 0 Å². The molecule has 92 valence electrons. The van der Waals surface area contributed by atoms with Gasteiger partial charge in [-0.2, -0.15) is 0 Å². The Labute approximate surface area is 88.8 Å². The number of phosphoric ester groups is 1. The largest absolute Gasteiger partial charge is 0.756 e. The van der Waals surface area contributed by atoms with Gasteiger partial charge in [-0.15, -0.1) is 0 Å². The molecule has 2 fully saturated rings. The Morgan fingerprint density at radius 3 is 2.44 bits per heavy atom. The molecular weight excluding hydrogens is 247 g/mol. The molecule has 9 nitrogen and oxygen atoms in total. The Morgan fingerprint density at radius 2 is 1.88 bits per heavy atom. The maximum absolute atomic E-state index is 10.9. The van der Waals surface area contributed by atoms with Crippen LogP contribution < -0.4 is 10.00 Å². The first kappa shape index (κ1) is 11.9. The molecule has 0 bridgehead atoms. The van der Waals surface area contributed by atoms with Gasteiger partial charge in [-0.1, -0.05) is 0 Å². The average molecular weight is 254 g/mol. The van der Waals surface area contributed by atoms with Gasteiger partial charge in [0.25, 0.3) is 7.82 Å². The van der Waals surface area contributed by atoms with Crippen molar-refractivity contribution in [3.8, 4) is 0 Å². The molecule has 0 amide bonds. The number of phosphoric acid groups is 1. The van der Waals surface area contributed by atoms with E-state index in [0.717, 1.165) is 0 Å². The molecule has 2 N–H and O–H groups in total. The monoisotopic (exact) mass is 254 g/mol. The number of aliphatic carboxylic acids is 1. The number of hydrogen-bond donors (Lipinski definition) is 2. The highest BCUT2D eigenvalue weighted by Crippen LogP contribution is 2.51. The van der Waals surface area contributed by atoms with Crippen molar-refractivity contribution >= 4 is 13.8 Å². The number of ether oxygens (including phenoxy) is 1. The Kier molecular flexibility index (Phi) is 2.79. The van der Waals surface area contributed by atoms with E-state index >= 15 is 0 Å². The van der Waals surface area contributed by atoms with Gasteiger partial charge in [0.1, 0.15) is 24.4 Å². The molecule has 6 atom stereocenters. The minimum Gasteiger partial charge on any atom is -0.756 e. The smallest absolute Gasteiger partial charge is 0.270 e. The van der Waals surface area contributed by atoms with Crippen LogP contribution in [0.3, 0.4) is 0 Å². The summed E-state index contributed by atoms with van der Waals surface area (Å²) in [5.74, 6) is -1.79. The first-order chi connectivity index (χ1) is 7.32. The number of carbonyl (C=O) groups excluding carboxylic acids is 1. The van der Waals surface area contributed by atoms with Crippen LogP contribution in [-0.4, -0.2) is 46.9 Å². The number of rotatable bonds is 1. The summed E-state index contributed by atoms with van der Waals surface area (Å²) >= 11 is 0. The van der Waals surface area contributed by atoms with Gasteiger partial charge < -0.3 is 34.3 Å². The second-order valence-corrected chi connectivity index (χ2v) is 4.66. The Balaban J connectivity index is 2.22. The molecule has 0 aromatic rings. The zero-order valence-electron chi connectivity index (χ0n) is 7.59. The lowest BCUT2D eigenvalue weighted by Gasteiger charge is -2.37. The van der Waals surface area contributed by atoms with E-state index in [1.54, 1.807) is 0 Å². The molecule has 16 heavy (non-hydrogen) atoms. The maximum Gasteiger partial charge on any atom is 0.270 e. The van der Waals surface area contributed by atoms with E-state index in [2.05, 4.69) is 13.8 Å². The predicted octanol–water partition coefficient (Wildman–Crippen LogP) is -3.93. The maximum atomic E-state index is 10.9. The van der Waals surface area contributed by atoms with Gasteiger partial charge >= 0.3 is 0 Å². The van der Waals surface area contributed by atoms with Crippen LogP contribution in [0, 0.1) is 0 Å². The van der Waals surface area contributed by atoms with Crippen LogP contribution in [0.4, 0.5) is 0 Å². The molecule has 2 unspecified atom stereocenters. The Bertz CT molecular complexity index is 356. The van der Waals surface area contributed by atoms with E-state index in [0.29, 0.717) is 0 Å². The summed E-state index contributed by atoms with van der Waals surface area (Å²) in [5.41, 5.74) is 0. The molecule has 0 aliphatic carbocycles. The topological polar surface area (TPSA) is 148 Å². The van der Waals surface area contributed by atoms with Crippen molar-refractivity contribution < 1.29 is 43.4 Å². The predicted molar refractivity (Wildman–Crippen MR) is 39.2 cm³/mol. The van der Waals surface area contributed by atoms with Crippen LogP contribution in [-0.2, 0) is 23.1 Å².